The number of rotatable bonds is 7. The fraction of sp³-hybridized carbons (Fsp3) is 0.348. The van der Waals surface area contributed by atoms with Crippen molar-refractivity contribution >= 4 is 33.2 Å². The second kappa shape index (κ2) is 9.67. The summed E-state index contributed by atoms with van der Waals surface area (Å²) in [6, 6.07) is 9.82. The molecule has 0 unspecified atom stereocenters. The Morgan fingerprint density at radius 1 is 1.10 bits per heavy atom. The van der Waals surface area contributed by atoms with Crippen molar-refractivity contribution in [3.8, 4) is 0 Å². The van der Waals surface area contributed by atoms with Crippen LogP contribution in [0.5, 0.6) is 0 Å². The molecule has 2 aromatic carbocycles. The molecule has 0 atom stereocenters. The predicted molar refractivity (Wildman–Crippen MR) is 122 cm³/mol. The molecular formula is C23H27ClN2O3S. The molecule has 2 N–H and O–H groups in total. The summed E-state index contributed by atoms with van der Waals surface area (Å²) >= 11 is 6.17. The normalized spacial score (nSPS) is 14.2. The van der Waals surface area contributed by atoms with Crippen LogP contribution in [0.15, 0.2) is 52.9 Å². The summed E-state index contributed by atoms with van der Waals surface area (Å²) in [6.45, 7) is 4.24. The molecule has 160 valence electrons. The lowest BCUT2D eigenvalue weighted by molar-refractivity contribution is 0.0954. The Morgan fingerprint density at radius 2 is 1.90 bits per heavy atom. The Balaban J connectivity index is 1.74. The van der Waals surface area contributed by atoms with Crippen molar-refractivity contribution in [1.82, 2.24) is 5.32 Å². The maximum atomic E-state index is 12.9. The zero-order valence-corrected chi connectivity index (χ0v) is 18.9. The monoisotopic (exact) mass is 446 g/mol. The lowest BCUT2D eigenvalue weighted by Crippen LogP contribution is -2.25. The molecule has 0 saturated carbocycles. The van der Waals surface area contributed by atoms with E-state index in [1.54, 1.807) is 6.07 Å². The largest absolute Gasteiger partial charge is 0.352 e. The number of anilines is 1. The van der Waals surface area contributed by atoms with Gasteiger partial charge in [-0.25, -0.2) is 8.42 Å². The summed E-state index contributed by atoms with van der Waals surface area (Å²) in [4.78, 5) is 12.4. The summed E-state index contributed by atoms with van der Waals surface area (Å²) < 4.78 is 28.5. The zero-order chi connectivity index (χ0) is 21.7. The van der Waals surface area contributed by atoms with Crippen molar-refractivity contribution in [1.29, 1.82) is 0 Å². The summed E-state index contributed by atoms with van der Waals surface area (Å²) in [7, 11) is -3.95. The van der Waals surface area contributed by atoms with Crippen LogP contribution in [0.3, 0.4) is 0 Å². The molecule has 0 saturated heterocycles. The Kier molecular flexibility index (Phi) is 7.21. The third kappa shape index (κ3) is 5.64. The van der Waals surface area contributed by atoms with Crippen LogP contribution in [0, 0.1) is 13.8 Å². The number of allylic oxidation sites excluding steroid dienone is 1. The molecule has 0 heterocycles. The topological polar surface area (TPSA) is 75.3 Å². The molecule has 30 heavy (non-hydrogen) atoms. The van der Waals surface area contributed by atoms with Gasteiger partial charge in [-0.3, -0.25) is 9.52 Å². The van der Waals surface area contributed by atoms with Crippen LogP contribution in [0.2, 0.25) is 5.02 Å². The van der Waals surface area contributed by atoms with Gasteiger partial charge in [0.25, 0.3) is 15.9 Å². The minimum absolute atomic E-state index is 0.0664. The number of aryl methyl sites for hydroxylation is 2. The van der Waals surface area contributed by atoms with Crippen LogP contribution in [0.25, 0.3) is 0 Å². The first-order valence-electron chi connectivity index (χ1n) is 10.1. The van der Waals surface area contributed by atoms with E-state index in [4.69, 9.17) is 11.6 Å². The van der Waals surface area contributed by atoms with Crippen molar-refractivity contribution in [2.75, 3.05) is 11.3 Å². The van der Waals surface area contributed by atoms with Gasteiger partial charge in [0.05, 0.1) is 10.7 Å². The molecule has 0 bridgehead atoms. The van der Waals surface area contributed by atoms with Crippen molar-refractivity contribution in [2.45, 2.75) is 50.8 Å². The third-order valence-corrected chi connectivity index (χ3v) is 7.08. The molecule has 1 aliphatic carbocycles. The first kappa shape index (κ1) is 22.4. The first-order valence-corrected chi connectivity index (χ1v) is 12.0. The number of hydrogen-bond acceptors (Lipinski definition) is 3. The van der Waals surface area contributed by atoms with Gasteiger partial charge >= 0.3 is 0 Å². The van der Waals surface area contributed by atoms with Gasteiger partial charge in [0, 0.05) is 12.1 Å². The second-order valence-corrected chi connectivity index (χ2v) is 9.74. The number of carbonyl (C=O) groups is 1. The van der Waals surface area contributed by atoms with Gasteiger partial charge in [-0.2, -0.15) is 0 Å². The van der Waals surface area contributed by atoms with Crippen molar-refractivity contribution in [2.24, 2.45) is 0 Å². The van der Waals surface area contributed by atoms with Crippen molar-refractivity contribution < 1.29 is 13.2 Å². The zero-order valence-electron chi connectivity index (χ0n) is 17.3. The molecule has 0 radical (unpaired) electrons. The Bertz CT molecular complexity index is 1080. The van der Waals surface area contributed by atoms with Gasteiger partial charge in [-0.15, -0.1) is 0 Å². The number of halogens is 1. The van der Waals surface area contributed by atoms with Gasteiger partial charge in [0.15, 0.2) is 0 Å². The molecule has 5 nitrogen and oxygen atoms in total. The highest BCUT2D eigenvalue weighted by atomic mass is 35.5. The van der Waals surface area contributed by atoms with E-state index in [1.165, 1.54) is 36.6 Å². The van der Waals surface area contributed by atoms with Crippen molar-refractivity contribution in [3.63, 3.8) is 0 Å². The molecule has 1 aliphatic rings. The molecular weight excluding hydrogens is 420 g/mol. The van der Waals surface area contributed by atoms with Gasteiger partial charge in [0.2, 0.25) is 0 Å². The van der Waals surface area contributed by atoms with E-state index in [2.05, 4.69) is 16.1 Å². The Morgan fingerprint density at radius 3 is 2.63 bits per heavy atom. The van der Waals surface area contributed by atoms with E-state index in [-0.39, 0.29) is 21.4 Å². The highest BCUT2D eigenvalue weighted by Gasteiger charge is 2.21. The van der Waals surface area contributed by atoms with E-state index in [0.29, 0.717) is 12.2 Å². The van der Waals surface area contributed by atoms with Crippen LogP contribution < -0.4 is 10.0 Å². The average Bonchev–Trinajstić information content (AvgIpc) is 2.71. The van der Waals surface area contributed by atoms with Crippen LogP contribution in [-0.2, 0) is 10.0 Å². The molecule has 0 fully saturated rings. The van der Waals surface area contributed by atoms with Crippen LogP contribution in [0.4, 0.5) is 5.69 Å². The summed E-state index contributed by atoms with van der Waals surface area (Å²) in [6.07, 6.45) is 7.69. The lowest BCUT2D eigenvalue weighted by atomic mass is 9.97. The number of benzene rings is 2. The quantitative estimate of drug-likeness (QED) is 0.561. The highest BCUT2D eigenvalue weighted by molar-refractivity contribution is 7.92. The van der Waals surface area contributed by atoms with E-state index in [0.717, 1.165) is 30.4 Å². The van der Waals surface area contributed by atoms with E-state index in [1.807, 2.05) is 26.0 Å². The molecule has 2 aromatic rings. The third-order valence-electron chi connectivity index (χ3n) is 5.24. The van der Waals surface area contributed by atoms with Crippen LogP contribution in [0.1, 0.15) is 53.6 Å². The average molecular weight is 447 g/mol. The molecule has 3 rings (SSSR count). The minimum Gasteiger partial charge on any atom is -0.352 e. The van der Waals surface area contributed by atoms with Gasteiger partial charge in [-0.05, 0) is 81.3 Å². The predicted octanol–water partition coefficient (Wildman–Crippen LogP) is 5.38. The Hall–Kier alpha value is -2.31. The number of sulfonamides is 1. The minimum atomic E-state index is -3.95. The number of hydrogen-bond donors (Lipinski definition) is 2. The second-order valence-electron chi connectivity index (χ2n) is 7.68. The standard InChI is InChI=1S/C23H27ClN2O3S/c1-16-8-9-17(2)21(14-16)26-30(28,29)22-15-19(10-11-20(22)24)23(27)25-13-12-18-6-4-3-5-7-18/h6,8-11,14-15,26H,3-5,7,12-13H2,1-2H3,(H,25,27). The molecule has 0 spiro atoms. The van der Waals surface area contributed by atoms with Gasteiger partial charge in [0.1, 0.15) is 4.90 Å². The SMILES string of the molecule is Cc1ccc(C)c(NS(=O)(=O)c2cc(C(=O)NCCC3=CCCCC3)ccc2Cl)c1. The van der Waals surface area contributed by atoms with E-state index < -0.39 is 10.0 Å². The fourth-order valence-corrected chi connectivity index (χ4v) is 5.11. The van der Waals surface area contributed by atoms with E-state index in [9.17, 15) is 13.2 Å². The summed E-state index contributed by atoms with van der Waals surface area (Å²) in [5.41, 5.74) is 3.86. The number of amides is 1. The maximum Gasteiger partial charge on any atom is 0.263 e. The fourth-order valence-electron chi connectivity index (χ4n) is 3.47. The molecule has 7 heteroatoms. The van der Waals surface area contributed by atoms with Crippen LogP contribution >= 0.6 is 11.6 Å². The highest BCUT2D eigenvalue weighted by Crippen LogP contribution is 2.27. The molecule has 0 aromatic heterocycles. The Labute approximate surface area is 183 Å². The number of nitrogens with one attached hydrogen (secondary N) is 2. The maximum absolute atomic E-state index is 12.9. The first-order chi connectivity index (χ1) is 14.3. The summed E-state index contributed by atoms with van der Waals surface area (Å²) in [5, 5.41) is 2.94. The van der Waals surface area contributed by atoms with Gasteiger partial charge in [-0.1, -0.05) is 35.4 Å². The smallest absolute Gasteiger partial charge is 0.263 e. The van der Waals surface area contributed by atoms with Crippen molar-refractivity contribution in [3.05, 3.63) is 69.8 Å². The van der Waals surface area contributed by atoms with Gasteiger partial charge < -0.3 is 5.32 Å². The lowest BCUT2D eigenvalue weighted by Gasteiger charge is -2.14. The molecule has 0 aliphatic heterocycles. The van der Waals surface area contributed by atoms with Crippen LogP contribution in [-0.4, -0.2) is 20.9 Å². The molecule has 1 amide bonds. The summed E-state index contributed by atoms with van der Waals surface area (Å²) in [5.74, 6) is -0.314. The number of carbonyl (C=O) groups excluding carboxylic acids is 1. The van der Waals surface area contributed by atoms with E-state index >= 15 is 0 Å².